The Kier molecular flexibility index (Phi) is 6.76. The van der Waals surface area contributed by atoms with Gasteiger partial charge in [0.05, 0.1) is 30.0 Å². The van der Waals surface area contributed by atoms with Crippen LogP contribution in [0, 0.1) is 5.92 Å². The number of likely N-dealkylation sites (N-methyl/N-ethyl adjacent to an activating group) is 1. The number of piperidine rings is 1. The number of benzene rings is 1. The number of likely N-dealkylation sites (tertiary alicyclic amines) is 1. The van der Waals surface area contributed by atoms with Crippen molar-refractivity contribution in [3.05, 3.63) is 53.5 Å². The smallest absolute Gasteiger partial charge is 0.308 e. The Morgan fingerprint density at radius 2 is 1.98 bits per heavy atom. The molecule has 41 heavy (non-hydrogen) atoms. The van der Waals surface area contributed by atoms with E-state index in [-0.39, 0.29) is 29.9 Å². The normalized spacial score (nSPS) is 29.7. The fraction of sp³-hybridized carbons (Fsp3) is 0.531. The average Bonchev–Trinajstić information content (AvgIpc) is 3.55. The molecule has 218 valence electrons. The van der Waals surface area contributed by atoms with Gasteiger partial charge >= 0.3 is 11.9 Å². The lowest BCUT2D eigenvalue weighted by molar-refractivity contribution is -0.221. The quantitative estimate of drug-likeness (QED) is 0.282. The van der Waals surface area contributed by atoms with Gasteiger partial charge in [0.25, 0.3) is 0 Å². The number of hydrogen-bond donors (Lipinski definition) is 0. The highest BCUT2D eigenvalue weighted by Crippen LogP contribution is 2.67. The molecule has 1 saturated carbocycles. The zero-order valence-corrected chi connectivity index (χ0v) is 24.3. The summed E-state index contributed by atoms with van der Waals surface area (Å²) in [4.78, 5) is 43.0. The summed E-state index contributed by atoms with van der Waals surface area (Å²) in [5.74, 6) is 0.258. The molecule has 2 aliphatic heterocycles. The maximum atomic E-state index is 13.9. The van der Waals surface area contributed by atoms with Crippen LogP contribution in [0.15, 0.2) is 41.2 Å². The monoisotopic (exact) mass is 562 g/mol. The maximum Gasteiger partial charge on any atom is 0.308 e. The van der Waals surface area contributed by atoms with E-state index in [1.165, 1.54) is 13.8 Å². The minimum atomic E-state index is -0.834. The van der Waals surface area contributed by atoms with Gasteiger partial charge in [-0.2, -0.15) is 0 Å². The van der Waals surface area contributed by atoms with Crippen LogP contribution in [0.4, 0.5) is 0 Å². The number of esters is 2. The second kappa shape index (κ2) is 10.0. The zero-order chi connectivity index (χ0) is 29.1. The van der Waals surface area contributed by atoms with E-state index in [4.69, 9.17) is 18.6 Å². The predicted octanol–water partition coefficient (Wildman–Crippen LogP) is 4.13. The molecule has 9 heteroatoms. The van der Waals surface area contributed by atoms with Crippen molar-refractivity contribution in [3.8, 4) is 11.5 Å². The maximum absolute atomic E-state index is 13.9. The molecule has 0 radical (unpaired) electrons. The highest BCUT2D eigenvalue weighted by molar-refractivity contribution is 5.92. The van der Waals surface area contributed by atoms with Crippen molar-refractivity contribution < 1.29 is 33.0 Å². The van der Waals surface area contributed by atoms with Crippen molar-refractivity contribution in [1.29, 1.82) is 0 Å². The fourth-order valence-electron chi connectivity index (χ4n) is 8.12. The second-order valence-electron chi connectivity index (χ2n) is 12.3. The Bertz CT molecular complexity index is 1400. The van der Waals surface area contributed by atoms with Crippen LogP contribution >= 0.6 is 0 Å². The lowest BCUT2D eigenvalue weighted by atomic mass is 9.48. The molecule has 1 aromatic heterocycles. The van der Waals surface area contributed by atoms with Crippen LogP contribution in [0.5, 0.6) is 11.5 Å². The van der Waals surface area contributed by atoms with E-state index in [0.29, 0.717) is 43.7 Å². The number of hydrogen-bond acceptors (Lipinski definition) is 8. The first kappa shape index (κ1) is 27.6. The molecule has 5 atom stereocenters. The van der Waals surface area contributed by atoms with Crippen molar-refractivity contribution in [2.45, 2.75) is 82.6 Å². The van der Waals surface area contributed by atoms with Gasteiger partial charge in [-0.15, -0.1) is 0 Å². The molecule has 2 bridgehead atoms. The third-order valence-corrected chi connectivity index (χ3v) is 9.43. The molecule has 1 spiro atoms. The lowest BCUT2D eigenvalue weighted by Gasteiger charge is -2.65. The Balaban J connectivity index is 1.51. The Morgan fingerprint density at radius 1 is 1.17 bits per heavy atom. The molecule has 2 aromatic rings. The Labute approximate surface area is 240 Å². The van der Waals surface area contributed by atoms with Crippen LogP contribution < -0.4 is 9.47 Å². The lowest BCUT2D eigenvalue weighted by Crippen LogP contribution is -2.79. The number of carbonyl (C=O) groups is 3. The van der Waals surface area contributed by atoms with Crippen LogP contribution in [-0.4, -0.2) is 71.6 Å². The van der Waals surface area contributed by atoms with E-state index in [0.717, 1.165) is 23.2 Å². The van der Waals surface area contributed by atoms with Crippen LogP contribution in [0.2, 0.25) is 0 Å². The molecular weight excluding hydrogens is 524 g/mol. The van der Waals surface area contributed by atoms with Gasteiger partial charge in [0.1, 0.15) is 11.7 Å². The number of ether oxygens (including phenoxy) is 3. The van der Waals surface area contributed by atoms with Gasteiger partial charge in [0.2, 0.25) is 5.91 Å². The molecule has 3 heterocycles. The molecule has 1 saturated heterocycles. The van der Waals surface area contributed by atoms with E-state index >= 15 is 0 Å². The summed E-state index contributed by atoms with van der Waals surface area (Å²) < 4.78 is 24.2. The minimum absolute atomic E-state index is 0.0412. The number of nitrogens with zero attached hydrogens (tertiary/aromatic N) is 2. The first-order valence-corrected chi connectivity index (χ1v) is 14.5. The average molecular weight is 563 g/mol. The highest BCUT2D eigenvalue weighted by Gasteiger charge is 2.75. The van der Waals surface area contributed by atoms with Crippen molar-refractivity contribution in [1.82, 2.24) is 9.80 Å². The summed E-state index contributed by atoms with van der Waals surface area (Å²) in [5.41, 5.74) is 1.37. The summed E-state index contributed by atoms with van der Waals surface area (Å²) in [6.45, 7) is 8.36. The van der Waals surface area contributed by atoms with Gasteiger partial charge in [-0.1, -0.05) is 19.9 Å². The molecule has 1 aromatic carbocycles. The van der Waals surface area contributed by atoms with Gasteiger partial charge in [-0.3, -0.25) is 19.3 Å². The Hall–Kier alpha value is -3.59. The number of amides is 1. The highest BCUT2D eigenvalue weighted by atomic mass is 16.6. The van der Waals surface area contributed by atoms with Crippen LogP contribution in [0.25, 0.3) is 6.08 Å². The molecule has 2 fully saturated rings. The van der Waals surface area contributed by atoms with E-state index in [9.17, 15) is 14.4 Å². The molecule has 1 amide bonds. The Morgan fingerprint density at radius 3 is 2.66 bits per heavy atom. The van der Waals surface area contributed by atoms with E-state index in [1.54, 1.807) is 36.8 Å². The van der Waals surface area contributed by atoms with Gasteiger partial charge in [-0.05, 0) is 69.0 Å². The van der Waals surface area contributed by atoms with Gasteiger partial charge in [0, 0.05) is 37.6 Å². The number of carbonyl (C=O) groups excluding carboxylic acids is 3. The van der Waals surface area contributed by atoms with Gasteiger partial charge in [-0.25, -0.2) is 0 Å². The summed E-state index contributed by atoms with van der Waals surface area (Å²) in [6.07, 6.45) is 8.62. The van der Waals surface area contributed by atoms with Crippen molar-refractivity contribution in [3.63, 3.8) is 0 Å². The van der Waals surface area contributed by atoms with E-state index < -0.39 is 23.1 Å². The molecule has 9 nitrogen and oxygen atoms in total. The van der Waals surface area contributed by atoms with Crippen molar-refractivity contribution in [2.24, 2.45) is 5.92 Å². The van der Waals surface area contributed by atoms with Crippen LogP contribution in [-0.2, 0) is 31.0 Å². The topological polar surface area (TPSA) is 98.5 Å². The molecule has 6 rings (SSSR count). The predicted molar refractivity (Wildman–Crippen MR) is 150 cm³/mol. The van der Waals surface area contributed by atoms with Gasteiger partial charge < -0.3 is 23.5 Å². The minimum Gasteiger partial charge on any atom is -0.483 e. The number of furan rings is 1. The summed E-state index contributed by atoms with van der Waals surface area (Å²) in [5, 5.41) is 0. The zero-order valence-electron chi connectivity index (χ0n) is 24.3. The van der Waals surface area contributed by atoms with Gasteiger partial charge in [0.15, 0.2) is 11.5 Å². The van der Waals surface area contributed by atoms with Crippen molar-refractivity contribution in [2.75, 3.05) is 20.1 Å². The number of rotatable bonds is 7. The largest absolute Gasteiger partial charge is 0.483 e. The first-order valence-electron chi connectivity index (χ1n) is 14.5. The fourth-order valence-corrected chi connectivity index (χ4v) is 8.12. The van der Waals surface area contributed by atoms with Crippen molar-refractivity contribution >= 4 is 23.9 Å². The molecular formula is C32H38N2O7. The standard InChI is InChI=1S/C32H38N2O7/c1-19(2)17-34(27(37)9-6-22-11-15-38-18-22)24-10-12-32(41-21(4)36)26-16-23-7-8-25(39-20(3)35)29-28(23)31(32,30(24)40-29)13-14-33(26)5/h6-9,11,15,18-19,24,26,30H,10,12-14,16-17H2,1-5H3/b9-6+/t24-,26+,30-,31-,32+/m0/s1. The van der Waals surface area contributed by atoms with E-state index in [2.05, 4.69) is 25.8 Å². The molecule has 4 aliphatic rings. The van der Waals surface area contributed by atoms with E-state index in [1.807, 2.05) is 11.0 Å². The summed E-state index contributed by atoms with van der Waals surface area (Å²) in [7, 11) is 2.09. The summed E-state index contributed by atoms with van der Waals surface area (Å²) >= 11 is 0. The van der Waals surface area contributed by atoms with Crippen LogP contribution in [0.1, 0.15) is 63.6 Å². The summed E-state index contributed by atoms with van der Waals surface area (Å²) in [6, 6.07) is 5.30. The first-order chi connectivity index (χ1) is 19.6. The third-order valence-electron chi connectivity index (χ3n) is 9.43. The molecule has 0 N–H and O–H groups in total. The molecule has 0 unspecified atom stereocenters. The second-order valence-corrected chi connectivity index (χ2v) is 12.3. The third kappa shape index (κ3) is 4.19. The SMILES string of the molecule is CC(=O)Oc1ccc2c3c1O[C@H]1[C@@H](N(CC(C)C)C(=O)/C=C/c4ccoc4)CC[C@@]4(OC(C)=O)[C@@H](C2)N(C)CC[C@]314. The van der Waals surface area contributed by atoms with Crippen LogP contribution in [0.3, 0.4) is 0 Å². The molecule has 2 aliphatic carbocycles.